The number of rotatable bonds is 4. The first-order valence-electron chi connectivity index (χ1n) is 6.19. The second-order valence-electron chi connectivity index (χ2n) is 4.65. The maximum Gasteiger partial charge on any atom is 0.261 e. The molecule has 2 aromatic rings. The average molecular weight is 307 g/mol. The third kappa shape index (κ3) is 3.46. The van der Waals surface area contributed by atoms with Crippen molar-refractivity contribution in [1.29, 1.82) is 0 Å². The molecule has 6 heteroatoms. The second kappa shape index (κ2) is 5.65. The van der Waals surface area contributed by atoms with Crippen LogP contribution in [0.2, 0.25) is 0 Å². The smallest absolute Gasteiger partial charge is 0.261 e. The van der Waals surface area contributed by atoms with Crippen molar-refractivity contribution in [1.82, 2.24) is 0 Å². The van der Waals surface area contributed by atoms with Crippen LogP contribution in [0.25, 0.3) is 0 Å². The Labute approximate surface area is 122 Å². The van der Waals surface area contributed by atoms with Crippen molar-refractivity contribution in [2.45, 2.75) is 18.7 Å². The SMILES string of the molecule is CC(=O)c1cccc(S(=O)(=O)Nc2cc(F)ccc2C)c1. The largest absolute Gasteiger partial charge is 0.295 e. The highest BCUT2D eigenvalue weighted by atomic mass is 32.2. The minimum Gasteiger partial charge on any atom is -0.295 e. The Morgan fingerprint density at radius 2 is 1.86 bits per heavy atom. The van der Waals surface area contributed by atoms with Crippen LogP contribution >= 0.6 is 0 Å². The number of nitrogens with one attached hydrogen (secondary N) is 1. The van der Waals surface area contributed by atoms with Crippen molar-refractivity contribution in [2.24, 2.45) is 0 Å². The van der Waals surface area contributed by atoms with Gasteiger partial charge >= 0.3 is 0 Å². The predicted molar refractivity (Wildman–Crippen MR) is 78.4 cm³/mol. The zero-order chi connectivity index (χ0) is 15.6. The number of carbonyl (C=O) groups is 1. The number of Topliss-reactive ketones (excluding diaryl/α,β-unsaturated/α-hetero) is 1. The summed E-state index contributed by atoms with van der Waals surface area (Å²) in [4.78, 5) is 11.3. The van der Waals surface area contributed by atoms with E-state index in [2.05, 4.69) is 4.72 Å². The average Bonchev–Trinajstić information content (AvgIpc) is 2.43. The van der Waals surface area contributed by atoms with E-state index in [9.17, 15) is 17.6 Å². The lowest BCUT2D eigenvalue weighted by Crippen LogP contribution is -2.14. The minimum atomic E-state index is -3.88. The summed E-state index contributed by atoms with van der Waals surface area (Å²) < 4.78 is 40.1. The van der Waals surface area contributed by atoms with Crippen LogP contribution in [0.5, 0.6) is 0 Å². The Kier molecular flexibility index (Phi) is 4.09. The van der Waals surface area contributed by atoms with Crippen LogP contribution in [0.4, 0.5) is 10.1 Å². The Morgan fingerprint density at radius 1 is 1.14 bits per heavy atom. The normalized spacial score (nSPS) is 11.2. The molecule has 0 spiro atoms. The minimum absolute atomic E-state index is 0.0427. The molecule has 2 aromatic carbocycles. The highest BCUT2D eigenvalue weighted by molar-refractivity contribution is 7.92. The van der Waals surface area contributed by atoms with E-state index >= 15 is 0 Å². The van der Waals surface area contributed by atoms with E-state index in [4.69, 9.17) is 0 Å². The van der Waals surface area contributed by atoms with Crippen molar-refractivity contribution in [3.8, 4) is 0 Å². The number of ketones is 1. The number of sulfonamides is 1. The predicted octanol–water partition coefficient (Wildman–Crippen LogP) is 3.14. The van der Waals surface area contributed by atoms with E-state index in [1.54, 1.807) is 6.92 Å². The summed E-state index contributed by atoms with van der Waals surface area (Å²) in [5, 5.41) is 0. The first kappa shape index (κ1) is 15.2. The van der Waals surface area contributed by atoms with E-state index in [-0.39, 0.29) is 16.4 Å². The molecule has 0 bridgehead atoms. The molecule has 0 saturated heterocycles. The quantitative estimate of drug-likeness (QED) is 0.883. The van der Waals surface area contributed by atoms with Crippen LogP contribution < -0.4 is 4.72 Å². The van der Waals surface area contributed by atoms with Gasteiger partial charge in [-0.3, -0.25) is 9.52 Å². The van der Waals surface area contributed by atoms with Crippen LogP contribution in [-0.4, -0.2) is 14.2 Å². The number of anilines is 1. The number of carbonyl (C=O) groups excluding carboxylic acids is 1. The maximum atomic E-state index is 13.2. The van der Waals surface area contributed by atoms with Gasteiger partial charge < -0.3 is 0 Å². The molecule has 21 heavy (non-hydrogen) atoms. The summed E-state index contributed by atoms with van der Waals surface area (Å²) in [5.41, 5.74) is 1.07. The standard InChI is InChI=1S/C15H14FNO3S/c1-10-6-7-13(16)9-15(10)17-21(19,20)14-5-3-4-12(8-14)11(2)18/h3-9,17H,1-2H3. The van der Waals surface area contributed by atoms with Crippen molar-refractivity contribution in [3.05, 3.63) is 59.4 Å². The van der Waals surface area contributed by atoms with Gasteiger partial charge in [-0.05, 0) is 43.7 Å². The molecule has 0 radical (unpaired) electrons. The van der Waals surface area contributed by atoms with Gasteiger partial charge in [-0.1, -0.05) is 18.2 Å². The zero-order valence-corrected chi connectivity index (χ0v) is 12.4. The Bertz CT molecular complexity index is 800. The van der Waals surface area contributed by atoms with Crippen LogP contribution in [0.15, 0.2) is 47.4 Å². The number of benzene rings is 2. The summed E-state index contributed by atoms with van der Waals surface area (Å²) in [6.45, 7) is 3.03. The molecule has 2 rings (SSSR count). The fraction of sp³-hybridized carbons (Fsp3) is 0.133. The molecule has 0 heterocycles. The van der Waals surface area contributed by atoms with Gasteiger partial charge in [-0.15, -0.1) is 0 Å². The zero-order valence-electron chi connectivity index (χ0n) is 11.6. The molecule has 0 saturated carbocycles. The van der Waals surface area contributed by atoms with Gasteiger partial charge in [0, 0.05) is 5.56 Å². The number of halogens is 1. The molecule has 0 atom stereocenters. The van der Waals surface area contributed by atoms with Crippen molar-refractivity contribution in [3.63, 3.8) is 0 Å². The Balaban J connectivity index is 2.41. The first-order chi connectivity index (χ1) is 9.79. The molecule has 4 nitrogen and oxygen atoms in total. The summed E-state index contributed by atoms with van der Waals surface area (Å²) >= 11 is 0. The van der Waals surface area contributed by atoms with E-state index in [0.717, 1.165) is 6.07 Å². The van der Waals surface area contributed by atoms with Crippen molar-refractivity contribution in [2.75, 3.05) is 4.72 Å². The third-order valence-corrected chi connectivity index (χ3v) is 4.36. The molecule has 0 aliphatic heterocycles. The van der Waals surface area contributed by atoms with Gasteiger partial charge in [0.05, 0.1) is 10.6 Å². The van der Waals surface area contributed by atoms with Gasteiger partial charge in [0.15, 0.2) is 5.78 Å². The number of aryl methyl sites for hydroxylation is 1. The Morgan fingerprint density at radius 3 is 2.52 bits per heavy atom. The summed E-state index contributed by atoms with van der Waals surface area (Å²) in [6, 6.07) is 9.55. The topological polar surface area (TPSA) is 63.2 Å². The van der Waals surface area contributed by atoms with E-state index in [1.165, 1.54) is 43.3 Å². The van der Waals surface area contributed by atoms with E-state index in [0.29, 0.717) is 11.1 Å². The van der Waals surface area contributed by atoms with Gasteiger partial charge in [-0.2, -0.15) is 0 Å². The van der Waals surface area contributed by atoms with E-state index in [1.807, 2.05) is 0 Å². The third-order valence-electron chi connectivity index (χ3n) is 2.99. The molecule has 110 valence electrons. The van der Waals surface area contributed by atoms with Gasteiger partial charge in [0.2, 0.25) is 0 Å². The fourth-order valence-corrected chi connectivity index (χ4v) is 2.96. The van der Waals surface area contributed by atoms with Gasteiger partial charge in [0.25, 0.3) is 10.0 Å². The lowest BCUT2D eigenvalue weighted by atomic mass is 10.2. The lowest BCUT2D eigenvalue weighted by molar-refractivity contribution is 0.101. The molecule has 0 aromatic heterocycles. The molecule has 0 fully saturated rings. The number of hydrogen-bond donors (Lipinski definition) is 1. The van der Waals surface area contributed by atoms with Crippen LogP contribution in [0.3, 0.4) is 0 Å². The summed E-state index contributed by atoms with van der Waals surface area (Å²) in [6.07, 6.45) is 0. The molecule has 1 N–H and O–H groups in total. The van der Waals surface area contributed by atoms with Crippen LogP contribution in [0.1, 0.15) is 22.8 Å². The summed E-state index contributed by atoms with van der Waals surface area (Å²) in [7, 11) is -3.88. The molecule has 0 amide bonds. The lowest BCUT2D eigenvalue weighted by Gasteiger charge is -2.11. The highest BCUT2D eigenvalue weighted by Gasteiger charge is 2.16. The van der Waals surface area contributed by atoms with Crippen molar-refractivity contribution < 1.29 is 17.6 Å². The fourth-order valence-electron chi connectivity index (χ4n) is 1.79. The van der Waals surface area contributed by atoms with Crippen LogP contribution in [0, 0.1) is 12.7 Å². The van der Waals surface area contributed by atoms with Crippen molar-refractivity contribution >= 4 is 21.5 Å². The van der Waals surface area contributed by atoms with Gasteiger partial charge in [0.1, 0.15) is 5.82 Å². The molecule has 0 aliphatic carbocycles. The Hall–Kier alpha value is -2.21. The van der Waals surface area contributed by atoms with Crippen LogP contribution in [-0.2, 0) is 10.0 Å². The number of hydrogen-bond acceptors (Lipinski definition) is 3. The molecular formula is C15H14FNO3S. The monoisotopic (exact) mass is 307 g/mol. The van der Waals surface area contributed by atoms with E-state index < -0.39 is 15.8 Å². The highest BCUT2D eigenvalue weighted by Crippen LogP contribution is 2.21. The first-order valence-corrected chi connectivity index (χ1v) is 7.68. The molecular weight excluding hydrogens is 293 g/mol. The summed E-state index contributed by atoms with van der Waals surface area (Å²) in [5.74, 6) is -0.759. The molecule has 0 aliphatic rings. The maximum absolute atomic E-state index is 13.2. The second-order valence-corrected chi connectivity index (χ2v) is 6.33. The van der Waals surface area contributed by atoms with Gasteiger partial charge in [-0.25, -0.2) is 12.8 Å². The molecule has 0 unspecified atom stereocenters.